The summed E-state index contributed by atoms with van der Waals surface area (Å²) in [6.07, 6.45) is 6.17. The molecule has 1 aromatic heterocycles. The number of thiazole rings is 1. The minimum Gasteiger partial charge on any atom is -0.320 e. The first-order valence-electron chi connectivity index (χ1n) is 4.24. The molecule has 1 aromatic rings. The van der Waals surface area contributed by atoms with Gasteiger partial charge in [0.05, 0.1) is 5.54 Å². The zero-order valence-electron chi connectivity index (χ0n) is 8.22. The van der Waals surface area contributed by atoms with Gasteiger partial charge in [0.25, 0.3) is 0 Å². The van der Waals surface area contributed by atoms with E-state index in [4.69, 9.17) is 12.2 Å². The Balaban J connectivity index is 3.12. The van der Waals surface area contributed by atoms with Gasteiger partial charge in [-0.15, -0.1) is 17.8 Å². The molecule has 1 heterocycles. The van der Waals surface area contributed by atoms with E-state index in [9.17, 15) is 0 Å². The standard InChI is InChI=1S/C10H14N2S/c1-5-8-7(3)13-9(12-8)10(4,11)6-2/h1H,6,11H2,2-4H3. The third-order valence-corrected chi connectivity index (χ3v) is 3.41. The smallest absolute Gasteiger partial charge is 0.127 e. The van der Waals surface area contributed by atoms with Crippen LogP contribution in [0.2, 0.25) is 0 Å². The second-order valence-corrected chi connectivity index (χ2v) is 4.54. The number of hydrogen-bond acceptors (Lipinski definition) is 3. The second-order valence-electron chi connectivity index (χ2n) is 3.34. The van der Waals surface area contributed by atoms with E-state index in [2.05, 4.69) is 10.9 Å². The summed E-state index contributed by atoms with van der Waals surface area (Å²) in [6.45, 7) is 6.00. The van der Waals surface area contributed by atoms with Crippen molar-refractivity contribution in [2.45, 2.75) is 32.7 Å². The molecule has 2 nitrogen and oxygen atoms in total. The Kier molecular flexibility index (Phi) is 2.74. The quantitative estimate of drug-likeness (QED) is 0.731. The predicted molar refractivity (Wildman–Crippen MR) is 56.6 cm³/mol. The van der Waals surface area contributed by atoms with Crippen molar-refractivity contribution >= 4 is 11.3 Å². The molecule has 0 aromatic carbocycles. The summed E-state index contributed by atoms with van der Waals surface area (Å²) in [5.41, 5.74) is 6.44. The van der Waals surface area contributed by atoms with Crippen molar-refractivity contribution in [3.63, 3.8) is 0 Å². The summed E-state index contributed by atoms with van der Waals surface area (Å²) in [6, 6.07) is 0. The predicted octanol–water partition coefficient (Wildman–Crippen LogP) is 2.02. The van der Waals surface area contributed by atoms with Gasteiger partial charge in [-0.05, 0) is 26.2 Å². The lowest BCUT2D eigenvalue weighted by Gasteiger charge is -2.18. The molecule has 0 aliphatic carbocycles. The molecule has 0 amide bonds. The molecule has 13 heavy (non-hydrogen) atoms. The number of aromatic nitrogens is 1. The number of hydrogen-bond donors (Lipinski definition) is 1. The number of nitrogens with zero attached hydrogens (tertiary/aromatic N) is 1. The maximum absolute atomic E-state index is 6.05. The lowest BCUT2D eigenvalue weighted by atomic mass is 10.0. The van der Waals surface area contributed by atoms with Crippen molar-refractivity contribution in [3.8, 4) is 12.3 Å². The van der Waals surface area contributed by atoms with Crippen LogP contribution in [0.15, 0.2) is 0 Å². The Hall–Kier alpha value is -0.850. The zero-order chi connectivity index (χ0) is 10.1. The highest BCUT2D eigenvalue weighted by atomic mass is 32.1. The highest BCUT2D eigenvalue weighted by Gasteiger charge is 2.23. The van der Waals surface area contributed by atoms with Gasteiger partial charge in [0.2, 0.25) is 0 Å². The van der Waals surface area contributed by atoms with Crippen LogP contribution in [-0.2, 0) is 5.54 Å². The van der Waals surface area contributed by atoms with Gasteiger partial charge < -0.3 is 5.73 Å². The van der Waals surface area contributed by atoms with Crippen molar-refractivity contribution in [3.05, 3.63) is 15.6 Å². The molecule has 3 heteroatoms. The molecular weight excluding hydrogens is 180 g/mol. The molecule has 70 valence electrons. The Labute approximate surface area is 83.2 Å². The van der Waals surface area contributed by atoms with Crippen molar-refractivity contribution in [2.24, 2.45) is 5.73 Å². The fraction of sp³-hybridized carbons (Fsp3) is 0.500. The van der Waals surface area contributed by atoms with E-state index in [1.54, 1.807) is 11.3 Å². The fourth-order valence-electron chi connectivity index (χ4n) is 0.926. The van der Waals surface area contributed by atoms with Gasteiger partial charge >= 0.3 is 0 Å². The third kappa shape index (κ3) is 1.90. The largest absolute Gasteiger partial charge is 0.320 e. The van der Waals surface area contributed by atoms with Gasteiger partial charge in [-0.3, -0.25) is 0 Å². The van der Waals surface area contributed by atoms with Crippen molar-refractivity contribution < 1.29 is 0 Å². The van der Waals surface area contributed by atoms with Crippen LogP contribution in [0, 0.1) is 19.3 Å². The van der Waals surface area contributed by atoms with Crippen LogP contribution in [0.1, 0.15) is 35.8 Å². The first-order valence-corrected chi connectivity index (χ1v) is 5.06. The molecule has 0 radical (unpaired) electrons. The molecule has 1 unspecified atom stereocenters. The summed E-state index contributed by atoms with van der Waals surface area (Å²) in [4.78, 5) is 5.40. The molecule has 0 bridgehead atoms. The van der Waals surface area contributed by atoms with Crippen molar-refractivity contribution in [1.29, 1.82) is 0 Å². The van der Waals surface area contributed by atoms with E-state index in [0.717, 1.165) is 22.0 Å². The van der Waals surface area contributed by atoms with Gasteiger partial charge in [0.15, 0.2) is 0 Å². The average molecular weight is 194 g/mol. The summed E-state index contributed by atoms with van der Waals surface area (Å²) < 4.78 is 0. The minimum absolute atomic E-state index is 0.343. The minimum atomic E-state index is -0.343. The highest BCUT2D eigenvalue weighted by molar-refractivity contribution is 7.11. The Morgan fingerprint density at radius 1 is 1.69 bits per heavy atom. The van der Waals surface area contributed by atoms with Crippen LogP contribution < -0.4 is 5.73 Å². The summed E-state index contributed by atoms with van der Waals surface area (Å²) in [5.74, 6) is 2.56. The van der Waals surface area contributed by atoms with Gasteiger partial charge in [-0.1, -0.05) is 6.92 Å². The van der Waals surface area contributed by atoms with E-state index in [1.165, 1.54) is 0 Å². The first kappa shape index (κ1) is 10.2. The number of rotatable bonds is 2. The lowest BCUT2D eigenvalue weighted by molar-refractivity contribution is 0.473. The maximum atomic E-state index is 6.05. The molecule has 2 N–H and O–H groups in total. The van der Waals surface area contributed by atoms with E-state index >= 15 is 0 Å². The molecule has 0 spiro atoms. The molecule has 1 atom stereocenters. The van der Waals surface area contributed by atoms with Gasteiger partial charge in [0.1, 0.15) is 10.7 Å². The van der Waals surface area contributed by atoms with Crippen LogP contribution in [0.5, 0.6) is 0 Å². The van der Waals surface area contributed by atoms with E-state index in [0.29, 0.717) is 0 Å². The second kappa shape index (κ2) is 3.49. The van der Waals surface area contributed by atoms with E-state index in [-0.39, 0.29) is 5.54 Å². The average Bonchev–Trinajstić information content (AvgIpc) is 2.47. The normalized spacial score (nSPS) is 15.0. The third-order valence-electron chi connectivity index (χ3n) is 2.16. The maximum Gasteiger partial charge on any atom is 0.127 e. The molecule has 0 saturated carbocycles. The molecule has 0 aliphatic heterocycles. The summed E-state index contributed by atoms with van der Waals surface area (Å²) >= 11 is 1.59. The molecule has 0 fully saturated rings. The highest BCUT2D eigenvalue weighted by Crippen LogP contribution is 2.27. The van der Waals surface area contributed by atoms with Gasteiger partial charge in [-0.25, -0.2) is 4.98 Å². The number of aryl methyl sites for hydroxylation is 1. The molecule has 0 saturated heterocycles. The summed E-state index contributed by atoms with van der Waals surface area (Å²) in [5, 5.41) is 0.931. The van der Waals surface area contributed by atoms with Crippen LogP contribution in [-0.4, -0.2) is 4.98 Å². The monoisotopic (exact) mass is 194 g/mol. The Morgan fingerprint density at radius 2 is 2.31 bits per heavy atom. The first-order chi connectivity index (χ1) is 6.01. The fourth-order valence-corrected chi connectivity index (χ4v) is 1.93. The Bertz CT molecular complexity index is 344. The van der Waals surface area contributed by atoms with Crippen molar-refractivity contribution in [2.75, 3.05) is 0 Å². The summed E-state index contributed by atoms with van der Waals surface area (Å²) in [7, 11) is 0. The lowest BCUT2D eigenvalue weighted by Crippen LogP contribution is -2.31. The van der Waals surface area contributed by atoms with Crippen LogP contribution in [0.25, 0.3) is 0 Å². The number of terminal acetylenes is 1. The van der Waals surface area contributed by atoms with E-state index < -0.39 is 0 Å². The van der Waals surface area contributed by atoms with Crippen molar-refractivity contribution in [1.82, 2.24) is 4.98 Å². The molecular formula is C10H14N2S. The number of nitrogens with two attached hydrogens (primary N) is 1. The van der Waals surface area contributed by atoms with Gasteiger partial charge in [0, 0.05) is 4.88 Å². The van der Waals surface area contributed by atoms with Gasteiger partial charge in [-0.2, -0.15) is 0 Å². The topological polar surface area (TPSA) is 38.9 Å². The van der Waals surface area contributed by atoms with Crippen LogP contribution in [0.3, 0.4) is 0 Å². The Morgan fingerprint density at radius 3 is 2.69 bits per heavy atom. The SMILES string of the molecule is C#Cc1nc(C(C)(N)CC)sc1C. The zero-order valence-corrected chi connectivity index (χ0v) is 9.03. The molecule has 1 rings (SSSR count). The van der Waals surface area contributed by atoms with Crippen LogP contribution >= 0.6 is 11.3 Å². The van der Waals surface area contributed by atoms with E-state index in [1.807, 2.05) is 20.8 Å². The molecule has 0 aliphatic rings. The van der Waals surface area contributed by atoms with Crippen LogP contribution in [0.4, 0.5) is 0 Å².